The number of nitrogens with one attached hydrogen (secondary N) is 1. The lowest BCUT2D eigenvalue weighted by Gasteiger charge is -2.31. The van der Waals surface area contributed by atoms with Crippen LogP contribution >= 0.6 is 0 Å². The van der Waals surface area contributed by atoms with Crippen molar-refractivity contribution >= 4 is 15.9 Å². The molecular weight excluding hydrogens is 294 g/mol. The van der Waals surface area contributed by atoms with Gasteiger partial charge in [-0.3, -0.25) is 4.79 Å². The van der Waals surface area contributed by atoms with Crippen molar-refractivity contribution < 1.29 is 13.2 Å². The number of nitrogens with zero attached hydrogens (tertiary/aromatic N) is 3. The van der Waals surface area contributed by atoms with Gasteiger partial charge in [-0.1, -0.05) is 0 Å². The molecule has 0 aliphatic carbocycles. The monoisotopic (exact) mass is 315 g/mol. The highest BCUT2D eigenvalue weighted by Crippen LogP contribution is 2.13. The minimum atomic E-state index is -3.20. The van der Waals surface area contributed by atoms with Gasteiger partial charge in [-0.25, -0.2) is 18.1 Å². The molecule has 0 bridgehead atoms. The number of sulfonamides is 1. The summed E-state index contributed by atoms with van der Waals surface area (Å²) < 4.78 is 26.7. The Morgan fingerprint density at radius 3 is 2.71 bits per heavy atom. The van der Waals surface area contributed by atoms with Gasteiger partial charge < -0.3 is 15.2 Å². The molecule has 0 saturated carbocycles. The van der Waals surface area contributed by atoms with E-state index >= 15 is 0 Å². The summed E-state index contributed by atoms with van der Waals surface area (Å²) in [5.74, 6) is -0.122. The standard InChI is InChI=1S/C12H21N5O3S/c1-21(19,20)15-10-2-5-17(6-3-10)12(18)11-8-16(7-4-13)9-14-11/h8-10,15H,2-7,13H2,1H3. The number of aromatic nitrogens is 2. The van der Waals surface area contributed by atoms with Crippen LogP contribution in [0.4, 0.5) is 0 Å². The van der Waals surface area contributed by atoms with Crippen molar-refractivity contribution in [3.05, 3.63) is 18.2 Å². The van der Waals surface area contributed by atoms with E-state index < -0.39 is 10.0 Å². The molecule has 0 spiro atoms. The van der Waals surface area contributed by atoms with Gasteiger partial charge in [0.15, 0.2) is 0 Å². The summed E-state index contributed by atoms with van der Waals surface area (Å²) in [6.45, 7) is 2.17. The average molecular weight is 315 g/mol. The number of imidazole rings is 1. The highest BCUT2D eigenvalue weighted by Gasteiger charge is 2.26. The maximum atomic E-state index is 12.3. The summed E-state index contributed by atoms with van der Waals surface area (Å²) in [6, 6.07) is -0.0983. The number of nitrogens with two attached hydrogens (primary N) is 1. The fourth-order valence-corrected chi connectivity index (χ4v) is 3.25. The molecule has 2 rings (SSSR count). The molecule has 9 heteroatoms. The summed E-state index contributed by atoms with van der Waals surface area (Å²) in [5.41, 5.74) is 5.86. The average Bonchev–Trinajstić information content (AvgIpc) is 2.86. The number of amides is 1. The molecule has 1 amide bonds. The SMILES string of the molecule is CS(=O)(=O)NC1CCN(C(=O)c2cn(CCN)cn2)CC1. The van der Waals surface area contributed by atoms with Crippen LogP contribution in [0.5, 0.6) is 0 Å². The fourth-order valence-electron chi connectivity index (χ4n) is 2.41. The molecule has 1 aromatic rings. The van der Waals surface area contributed by atoms with Gasteiger partial charge in [-0.2, -0.15) is 0 Å². The number of piperidine rings is 1. The van der Waals surface area contributed by atoms with Crippen LogP contribution in [0, 0.1) is 0 Å². The number of hydrogen-bond donors (Lipinski definition) is 2. The first-order valence-corrected chi connectivity index (χ1v) is 8.76. The van der Waals surface area contributed by atoms with E-state index in [-0.39, 0.29) is 11.9 Å². The van der Waals surface area contributed by atoms with E-state index in [0.29, 0.717) is 44.7 Å². The van der Waals surface area contributed by atoms with Gasteiger partial charge in [0, 0.05) is 38.4 Å². The zero-order chi connectivity index (χ0) is 15.5. The minimum absolute atomic E-state index is 0.0983. The zero-order valence-electron chi connectivity index (χ0n) is 12.0. The Labute approximate surface area is 124 Å². The first kappa shape index (κ1) is 15.9. The van der Waals surface area contributed by atoms with E-state index in [2.05, 4.69) is 9.71 Å². The van der Waals surface area contributed by atoms with Crippen LogP contribution in [-0.4, -0.2) is 60.7 Å². The summed E-state index contributed by atoms with van der Waals surface area (Å²) in [5, 5.41) is 0. The van der Waals surface area contributed by atoms with Gasteiger partial charge in [0.1, 0.15) is 5.69 Å². The highest BCUT2D eigenvalue weighted by atomic mass is 32.2. The molecule has 1 aliphatic rings. The number of rotatable bonds is 5. The quantitative estimate of drug-likeness (QED) is 0.724. The molecule has 0 atom stereocenters. The fraction of sp³-hybridized carbons (Fsp3) is 0.667. The van der Waals surface area contributed by atoms with Crippen LogP contribution in [0.15, 0.2) is 12.5 Å². The molecule has 21 heavy (non-hydrogen) atoms. The Morgan fingerprint density at radius 1 is 1.48 bits per heavy atom. The second-order valence-corrected chi connectivity index (χ2v) is 7.02. The molecule has 2 heterocycles. The summed E-state index contributed by atoms with van der Waals surface area (Å²) in [7, 11) is -3.20. The molecule has 0 unspecified atom stereocenters. The third-order valence-corrected chi connectivity index (χ3v) is 4.16. The Morgan fingerprint density at radius 2 is 2.14 bits per heavy atom. The van der Waals surface area contributed by atoms with E-state index in [9.17, 15) is 13.2 Å². The number of likely N-dealkylation sites (tertiary alicyclic amines) is 1. The zero-order valence-corrected chi connectivity index (χ0v) is 12.8. The van der Waals surface area contributed by atoms with Gasteiger partial charge in [0.25, 0.3) is 5.91 Å². The predicted molar refractivity (Wildman–Crippen MR) is 78.2 cm³/mol. The molecular formula is C12H21N5O3S. The molecule has 1 aromatic heterocycles. The lowest BCUT2D eigenvalue weighted by molar-refractivity contribution is 0.0706. The normalized spacial score (nSPS) is 17.1. The Balaban J connectivity index is 1.90. The van der Waals surface area contributed by atoms with Crippen molar-refractivity contribution in [3.63, 3.8) is 0 Å². The minimum Gasteiger partial charge on any atom is -0.337 e. The van der Waals surface area contributed by atoms with E-state index in [1.807, 2.05) is 0 Å². The van der Waals surface area contributed by atoms with Crippen LogP contribution in [-0.2, 0) is 16.6 Å². The molecule has 1 saturated heterocycles. The first-order chi connectivity index (χ1) is 9.89. The van der Waals surface area contributed by atoms with Gasteiger partial charge >= 0.3 is 0 Å². The molecule has 8 nitrogen and oxygen atoms in total. The van der Waals surface area contributed by atoms with Gasteiger partial charge in [0.05, 0.1) is 12.6 Å². The molecule has 0 radical (unpaired) electrons. The van der Waals surface area contributed by atoms with Gasteiger partial charge in [-0.05, 0) is 12.8 Å². The molecule has 3 N–H and O–H groups in total. The Kier molecular flexibility index (Phi) is 4.96. The Bertz CT molecular complexity index is 590. The van der Waals surface area contributed by atoms with Crippen molar-refractivity contribution in [2.75, 3.05) is 25.9 Å². The van der Waals surface area contributed by atoms with Crippen LogP contribution < -0.4 is 10.5 Å². The second-order valence-electron chi connectivity index (χ2n) is 5.24. The summed E-state index contributed by atoms with van der Waals surface area (Å²) in [6.07, 6.45) is 5.66. The number of hydrogen-bond acceptors (Lipinski definition) is 5. The Hall–Kier alpha value is -1.45. The largest absolute Gasteiger partial charge is 0.337 e. The van der Waals surface area contributed by atoms with Crippen molar-refractivity contribution in [2.45, 2.75) is 25.4 Å². The van der Waals surface area contributed by atoms with Crippen LogP contribution in [0.25, 0.3) is 0 Å². The number of carbonyl (C=O) groups is 1. The third kappa shape index (κ3) is 4.51. The molecule has 0 aromatic carbocycles. The van der Waals surface area contributed by atoms with Crippen LogP contribution in [0.3, 0.4) is 0 Å². The molecule has 1 aliphatic heterocycles. The summed E-state index contributed by atoms with van der Waals surface area (Å²) in [4.78, 5) is 18.1. The van der Waals surface area contributed by atoms with Crippen molar-refractivity contribution in [3.8, 4) is 0 Å². The highest BCUT2D eigenvalue weighted by molar-refractivity contribution is 7.88. The van der Waals surface area contributed by atoms with Crippen molar-refractivity contribution in [1.82, 2.24) is 19.2 Å². The van der Waals surface area contributed by atoms with Crippen molar-refractivity contribution in [2.24, 2.45) is 5.73 Å². The predicted octanol–water partition coefficient (Wildman–Crippen LogP) is -1.00. The maximum absolute atomic E-state index is 12.3. The van der Waals surface area contributed by atoms with Crippen molar-refractivity contribution in [1.29, 1.82) is 0 Å². The molecule has 118 valence electrons. The lowest BCUT2D eigenvalue weighted by atomic mass is 10.1. The van der Waals surface area contributed by atoms with Gasteiger partial charge in [-0.15, -0.1) is 0 Å². The van der Waals surface area contributed by atoms with E-state index in [1.165, 1.54) is 0 Å². The third-order valence-electron chi connectivity index (χ3n) is 3.40. The van der Waals surface area contributed by atoms with E-state index in [1.54, 1.807) is 22.0 Å². The van der Waals surface area contributed by atoms with Crippen LogP contribution in [0.2, 0.25) is 0 Å². The molecule has 1 fully saturated rings. The smallest absolute Gasteiger partial charge is 0.274 e. The van der Waals surface area contributed by atoms with Gasteiger partial charge in [0.2, 0.25) is 10.0 Å². The summed E-state index contributed by atoms with van der Waals surface area (Å²) >= 11 is 0. The first-order valence-electron chi connectivity index (χ1n) is 6.87. The topological polar surface area (TPSA) is 110 Å². The van der Waals surface area contributed by atoms with Crippen LogP contribution in [0.1, 0.15) is 23.3 Å². The number of carbonyl (C=O) groups excluding carboxylic acids is 1. The van der Waals surface area contributed by atoms with E-state index in [4.69, 9.17) is 5.73 Å². The maximum Gasteiger partial charge on any atom is 0.274 e. The second kappa shape index (κ2) is 6.54. The lowest BCUT2D eigenvalue weighted by Crippen LogP contribution is -2.46. The van der Waals surface area contributed by atoms with E-state index in [0.717, 1.165) is 6.26 Å².